The second-order valence-corrected chi connectivity index (χ2v) is 3.40. The number of nitrogens with one attached hydrogen (secondary N) is 1. The van der Waals surface area contributed by atoms with Gasteiger partial charge >= 0.3 is 5.97 Å². The molecule has 2 fully saturated rings. The SMILES string of the molecule is COC(=O)[C@@H]1C2CCN1CC(=O)N2. The van der Waals surface area contributed by atoms with Crippen molar-refractivity contribution in [3.05, 3.63) is 0 Å². The van der Waals surface area contributed by atoms with E-state index < -0.39 is 0 Å². The zero-order chi connectivity index (χ0) is 9.42. The molecule has 0 aromatic heterocycles. The van der Waals surface area contributed by atoms with Crippen molar-refractivity contribution in [3.8, 4) is 0 Å². The van der Waals surface area contributed by atoms with Crippen LogP contribution in [0.4, 0.5) is 0 Å². The fourth-order valence-corrected chi connectivity index (χ4v) is 2.06. The van der Waals surface area contributed by atoms with Gasteiger partial charge in [0.25, 0.3) is 0 Å². The number of esters is 1. The number of ether oxygens (including phenoxy) is 1. The number of amides is 1. The summed E-state index contributed by atoms with van der Waals surface area (Å²) in [5, 5.41) is 2.79. The lowest BCUT2D eigenvalue weighted by atomic mass is 10.1. The Labute approximate surface area is 76.0 Å². The molecular weight excluding hydrogens is 172 g/mol. The Hall–Kier alpha value is -1.10. The molecule has 0 aliphatic carbocycles. The summed E-state index contributed by atoms with van der Waals surface area (Å²) in [7, 11) is 1.37. The van der Waals surface area contributed by atoms with Gasteiger partial charge in [-0.3, -0.25) is 14.5 Å². The topological polar surface area (TPSA) is 58.6 Å². The summed E-state index contributed by atoms with van der Waals surface area (Å²) < 4.78 is 4.67. The Morgan fingerprint density at radius 2 is 2.46 bits per heavy atom. The van der Waals surface area contributed by atoms with E-state index in [9.17, 15) is 9.59 Å². The third-order valence-electron chi connectivity index (χ3n) is 2.64. The molecule has 2 heterocycles. The lowest BCUT2D eigenvalue weighted by molar-refractivity contribution is -0.148. The average molecular weight is 184 g/mol. The van der Waals surface area contributed by atoms with Gasteiger partial charge in [0.1, 0.15) is 6.04 Å². The molecule has 0 spiro atoms. The molecule has 3 atom stereocenters. The van der Waals surface area contributed by atoms with Crippen molar-refractivity contribution in [2.75, 3.05) is 20.2 Å². The lowest BCUT2D eigenvalue weighted by Gasteiger charge is -2.30. The number of carbonyl (C=O) groups excluding carboxylic acids is 2. The van der Waals surface area contributed by atoms with Gasteiger partial charge in [-0.1, -0.05) is 0 Å². The second-order valence-electron chi connectivity index (χ2n) is 3.40. The summed E-state index contributed by atoms with van der Waals surface area (Å²) in [5.41, 5.74) is 0. The maximum Gasteiger partial charge on any atom is 0.325 e. The normalized spacial score (nSPS) is 37.0. The highest BCUT2D eigenvalue weighted by molar-refractivity contribution is 5.85. The van der Waals surface area contributed by atoms with Crippen LogP contribution in [0.3, 0.4) is 0 Å². The number of carbonyl (C=O) groups is 2. The minimum Gasteiger partial charge on any atom is -0.468 e. The third-order valence-corrected chi connectivity index (χ3v) is 2.64. The molecule has 0 radical (unpaired) electrons. The number of rotatable bonds is 1. The molecule has 0 saturated carbocycles. The zero-order valence-electron chi connectivity index (χ0n) is 7.45. The Morgan fingerprint density at radius 3 is 3.08 bits per heavy atom. The van der Waals surface area contributed by atoms with Gasteiger partial charge in [0.15, 0.2) is 0 Å². The Morgan fingerprint density at radius 1 is 1.69 bits per heavy atom. The average Bonchev–Trinajstić information content (AvgIpc) is 2.37. The zero-order valence-corrected chi connectivity index (χ0v) is 7.45. The first-order valence-electron chi connectivity index (χ1n) is 4.33. The summed E-state index contributed by atoms with van der Waals surface area (Å²) in [4.78, 5) is 24.3. The molecule has 0 aromatic carbocycles. The predicted molar refractivity (Wildman–Crippen MR) is 43.9 cm³/mol. The van der Waals surface area contributed by atoms with Gasteiger partial charge in [-0.05, 0) is 6.42 Å². The predicted octanol–water partition coefficient (Wildman–Crippen LogP) is -1.27. The molecule has 2 bridgehead atoms. The van der Waals surface area contributed by atoms with Crippen molar-refractivity contribution in [1.29, 1.82) is 0 Å². The van der Waals surface area contributed by atoms with Crippen LogP contribution in [0, 0.1) is 0 Å². The fraction of sp³-hybridized carbons (Fsp3) is 0.750. The van der Waals surface area contributed by atoms with Crippen LogP contribution in [0.5, 0.6) is 0 Å². The van der Waals surface area contributed by atoms with Gasteiger partial charge in [-0.15, -0.1) is 0 Å². The van der Waals surface area contributed by atoms with E-state index >= 15 is 0 Å². The van der Waals surface area contributed by atoms with E-state index in [-0.39, 0.29) is 24.0 Å². The van der Waals surface area contributed by atoms with Gasteiger partial charge in [0.05, 0.1) is 19.7 Å². The van der Waals surface area contributed by atoms with E-state index in [1.54, 1.807) is 0 Å². The molecular formula is C8H12N2O3. The number of hydrogen-bond donors (Lipinski definition) is 1. The van der Waals surface area contributed by atoms with E-state index in [2.05, 4.69) is 10.1 Å². The maximum atomic E-state index is 11.3. The van der Waals surface area contributed by atoms with Gasteiger partial charge < -0.3 is 10.1 Å². The van der Waals surface area contributed by atoms with Crippen LogP contribution in [-0.4, -0.2) is 49.1 Å². The van der Waals surface area contributed by atoms with Crippen molar-refractivity contribution in [2.24, 2.45) is 0 Å². The molecule has 2 rings (SSSR count). The van der Waals surface area contributed by atoms with Crippen molar-refractivity contribution >= 4 is 11.9 Å². The summed E-state index contributed by atoms with van der Waals surface area (Å²) in [6.07, 6.45) is 0.839. The van der Waals surface area contributed by atoms with E-state index in [1.807, 2.05) is 4.90 Å². The first-order chi connectivity index (χ1) is 6.22. The highest BCUT2D eigenvalue weighted by Crippen LogP contribution is 2.22. The van der Waals surface area contributed by atoms with E-state index in [4.69, 9.17) is 0 Å². The fourth-order valence-electron chi connectivity index (χ4n) is 2.06. The Bertz CT molecular complexity index is 238. The van der Waals surface area contributed by atoms with Gasteiger partial charge in [-0.2, -0.15) is 0 Å². The highest BCUT2D eigenvalue weighted by Gasteiger charge is 2.44. The summed E-state index contributed by atoms with van der Waals surface area (Å²) in [5.74, 6) is -0.245. The molecule has 0 aromatic rings. The number of methoxy groups -OCH3 is 1. The minimum absolute atomic E-state index is 0.00246. The van der Waals surface area contributed by atoms with Crippen molar-refractivity contribution in [3.63, 3.8) is 0 Å². The van der Waals surface area contributed by atoms with Crippen molar-refractivity contribution in [1.82, 2.24) is 10.2 Å². The monoisotopic (exact) mass is 184 g/mol. The van der Waals surface area contributed by atoms with Crippen LogP contribution < -0.4 is 5.32 Å². The van der Waals surface area contributed by atoms with Crippen LogP contribution in [0.25, 0.3) is 0 Å². The lowest BCUT2D eigenvalue weighted by Crippen LogP contribution is -2.57. The maximum absolute atomic E-state index is 11.3. The molecule has 2 aliphatic rings. The first kappa shape index (κ1) is 8.50. The molecule has 1 N–H and O–H groups in total. The summed E-state index contributed by atoms with van der Waals surface area (Å²) in [6, 6.07) is -0.309. The third kappa shape index (κ3) is 1.29. The van der Waals surface area contributed by atoms with Crippen molar-refractivity contribution < 1.29 is 14.3 Å². The quantitative estimate of drug-likeness (QED) is 0.516. The molecule has 2 saturated heterocycles. The molecule has 5 nitrogen and oxygen atoms in total. The van der Waals surface area contributed by atoms with Crippen molar-refractivity contribution in [2.45, 2.75) is 18.5 Å². The Balaban J connectivity index is 2.14. The first-order valence-corrected chi connectivity index (χ1v) is 4.33. The Kier molecular flexibility index (Phi) is 1.95. The van der Waals surface area contributed by atoms with Gasteiger partial charge in [0, 0.05) is 6.54 Å². The smallest absolute Gasteiger partial charge is 0.325 e. The van der Waals surface area contributed by atoms with Gasteiger partial charge in [0.2, 0.25) is 5.91 Å². The molecule has 72 valence electrons. The molecule has 13 heavy (non-hydrogen) atoms. The number of fused-ring (bicyclic) bond motifs is 2. The van der Waals surface area contributed by atoms with Crippen LogP contribution in [-0.2, 0) is 14.3 Å². The standard InChI is InChI=1S/C8H12N2O3/c1-13-8(12)7-5-2-3-10(7)4-6(11)9-5/h5,7H,2-4H2,1H3,(H,9,11)/t5?,7-/m0/s1. The van der Waals surface area contributed by atoms with E-state index in [0.29, 0.717) is 6.54 Å². The minimum atomic E-state index is -0.261. The molecule has 2 aliphatic heterocycles. The number of nitrogens with zero attached hydrogens (tertiary/aromatic N) is 1. The highest BCUT2D eigenvalue weighted by atomic mass is 16.5. The number of piperazine rings is 1. The molecule has 1 amide bonds. The summed E-state index contributed by atoms with van der Waals surface area (Å²) >= 11 is 0. The second kappa shape index (κ2) is 2.99. The van der Waals surface area contributed by atoms with Crippen LogP contribution in [0.1, 0.15) is 6.42 Å². The summed E-state index contributed by atoms with van der Waals surface area (Å²) in [6.45, 7) is 1.11. The molecule has 2 unspecified atom stereocenters. The van der Waals surface area contributed by atoms with Crippen LogP contribution in [0.15, 0.2) is 0 Å². The molecule has 5 heteroatoms. The van der Waals surface area contributed by atoms with E-state index in [0.717, 1.165) is 13.0 Å². The van der Waals surface area contributed by atoms with Crippen LogP contribution >= 0.6 is 0 Å². The largest absolute Gasteiger partial charge is 0.468 e. The van der Waals surface area contributed by atoms with E-state index in [1.165, 1.54) is 7.11 Å². The van der Waals surface area contributed by atoms with Crippen LogP contribution in [0.2, 0.25) is 0 Å². The van der Waals surface area contributed by atoms with Gasteiger partial charge in [-0.25, -0.2) is 0 Å². The number of hydrogen-bond acceptors (Lipinski definition) is 4.